The molecule has 0 aromatic heterocycles. The van der Waals surface area contributed by atoms with Crippen LogP contribution in [-0.2, 0) is 9.53 Å². The van der Waals surface area contributed by atoms with E-state index in [1.165, 1.54) is 6.42 Å². The summed E-state index contributed by atoms with van der Waals surface area (Å²) in [6.45, 7) is 5.91. The van der Waals surface area contributed by atoms with E-state index in [0.29, 0.717) is 0 Å². The van der Waals surface area contributed by atoms with Crippen molar-refractivity contribution in [3.8, 4) is 0 Å². The number of hydrogen-bond donors (Lipinski definition) is 1. The minimum atomic E-state index is -0.464. The minimum absolute atomic E-state index is 0.272. The fraction of sp³-hybridized carbons (Fsp3) is 0.867. The first kappa shape index (κ1) is 16.0. The van der Waals surface area contributed by atoms with Crippen molar-refractivity contribution < 1.29 is 14.3 Å². The van der Waals surface area contributed by atoms with Crippen molar-refractivity contribution in [1.82, 2.24) is 5.32 Å². The van der Waals surface area contributed by atoms with E-state index in [1.807, 2.05) is 20.8 Å². The molecule has 0 aliphatic heterocycles. The smallest absolute Gasteiger partial charge is 0.408 e. The number of alkyl carbamates (subject to hydrolysis) is 1. The van der Waals surface area contributed by atoms with Crippen LogP contribution in [0.3, 0.4) is 0 Å². The fourth-order valence-corrected chi connectivity index (χ4v) is 2.54. The van der Waals surface area contributed by atoms with E-state index in [0.717, 1.165) is 44.8 Å². The number of carbonyl (C=O) groups excluding carboxylic acids is 2. The monoisotopic (exact) mass is 269 g/mol. The van der Waals surface area contributed by atoms with Gasteiger partial charge in [0.25, 0.3) is 0 Å². The topological polar surface area (TPSA) is 55.4 Å². The highest BCUT2D eigenvalue weighted by Crippen LogP contribution is 2.26. The van der Waals surface area contributed by atoms with Gasteiger partial charge < -0.3 is 14.8 Å². The number of rotatable bonds is 6. The number of aldehydes is 1. The van der Waals surface area contributed by atoms with Gasteiger partial charge in [-0.25, -0.2) is 4.79 Å². The van der Waals surface area contributed by atoms with Crippen molar-refractivity contribution in [2.24, 2.45) is 5.92 Å². The molecule has 0 bridgehead atoms. The Morgan fingerprint density at radius 3 is 2.37 bits per heavy atom. The molecule has 0 aromatic carbocycles. The quantitative estimate of drug-likeness (QED) is 0.751. The third-order valence-electron chi connectivity index (χ3n) is 4.42. The summed E-state index contributed by atoms with van der Waals surface area (Å²) in [6.07, 6.45) is 7.49. The molecule has 1 aliphatic rings. The predicted molar refractivity (Wildman–Crippen MR) is 75.0 cm³/mol. The lowest BCUT2D eigenvalue weighted by Gasteiger charge is -2.30. The third kappa shape index (κ3) is 4.84. The summed E-state index contributed by atoms with van der Waals surface area (Å²) in [6, 6.07) is -0.397. The Kier molecular flexibility index (Phi) is 6.32. The molecule has 1 rings (SSSR count). The van der Waals surface area contributed by atoms with Crippen LogP contribution in [0.15, 0.2) is 0 Å². The first-order valence-corrected chi connectivity index (χ1v) is 7.49. The number of hydrogen-bond acceptors (Lipinski definition) is 3. The average molecular weight is 269 g/mol. The van der Waals surface area contributed by atoms with Crippen molar-refractivity contribution in [2.75, 3.05) is 0 Å². The number of carbonyl (C=O) groups is 2. The predicted octanol–water partition coefficient (Wildman–Crippen LogP) is 3.44. The molecule has 4 heteroatoms. The standard InChI is InChI=1S/C15H27NO3/c1-4-15(3,5-2)19-14(18)16-13(11-17)12-9-7-6-8-10-12/h11-13H,4-10H2,1-3H3,(H,16,18). The molecule has 0 saturated heterocycles. The normalized spacial score (nSPS) is 18.7. The van der Waals surface area contributed by atoms with Crippen molar-refractivity contribution >= 4 is 12.4 Å². The van der Waals surface area contributed by atoms with Crippen LogP contribution < -0.4 is 5.32 Å². The highest BCUT2D eigenvalue weighted by atomic mass is 16.6. The average Bonchev–Trinajstić information content (AvgIpc) is 2.45. The van der Waals surface area contributed by atoms with Gasteiger partial charge in [0, 0.05) is 0 Å². The molecule has 19 heavy (non-hydrogen) atoms. The summed E-state index contributed by atoms with van der Waals surface area (Å²) in [5.74, 6) is 0.272. The Balaban J connectivity index is 2.50. The van der Waals surface area contributed by atoms with E-state index in [2.05, 4.69) is 5.32 Å². The van der Waals surface area contributed by atoms with Gasteiger partial charge >= 0.3 is 6.09 Å². The lowest BCUT2D eigenvalue weighted by atomic mass is 9.84. The number of amides is 1. The van der Waals surface area contributed by atoms with Crippen molar-refractivity contribution in [2.45, 2.75) is 77.4 Å². The number of nitrogens with one attached hydrogen (secondary N) is 1. The molecule has 0 heterocycles. The van der Waals surface area contributed by atoms with Gasteiger partial charge in [0.05, 0.1) is 6.04 Å². The van der Waals surface area contributed by atoms with Gasteiger partial charge in [-0.05, 0) is 38.5 Å². The molecule has 1 aliphatic carbocycles. The molecule has 0 aromatic rings. The summed E-state index contributed by atoms with van der Waals surface area (Å²) in [5, 5.41) is 2.73. The molecule has 0 spiro atoms. The summed E-state index contributed by atoms with van der Waals surface area (Å²) < 4.78 is 5.45. The third-order valence-corrected chi connectivity index (χ3v) is 4.42. The Labute approximate surface area is 116 Å². The molecule has 0 radical (unpaired) electrons. The Hall–Kier alpha value is -1.06. The number of ether oxygens (including phenoxy) is 1. The summed E-state index contributed by atoms with van der Waals surface area (Å²) in [5.41, 5.74) is -0.440. The molecule has 1 amide bonds. The largest absolute Gasteiger partial charge is 0.443 e. The molecule has 1 N–H and O–H groups in total. The zero-order valence-electron chi connectivity index (χ0n) is 12.4. The Bertz CT molecular complexity index is 294. The van der Waals surface area contributed by atoms with Crippen LogP contribution in [-0.4, -0.2) is 24.0 Å². The molecule has 110 valence electrons. The van der Waals surface area contributed by atoms with E-state index in [1.54, 1.807) is 0 Å². The van der Waals surface area contributed by atoms with Gasteiger partial charge in [0.2, 0.25) is 0 Å². The minimum Gasteiger partial charge on any atom is -0.443 e. The van der Waals surface area contributed by atoms with Gasteiger partial charge in [-0.1, -0.05) is 33.1 Å². The van der Waals surface area contributed by atoms with Crippen molar-refractivity contribution in [1.29, 1.82) is 0 Å². The van der Waals surface area contributed by atoms with Gasteiger partial charge in [-0.15, -0.1) is 0 Å². The fourth-order valence-electron chi connectivity index (χ4n) is 2.54. The van der Waals surface area contributed by atoms with Gasteiger partial charge in [-0.2, -0.15) is 0 Å². The first-order valence-electron chi connectivity index (χ1n) is 7.49. The van der Waals surface area contributed by atoms with Crippen molar-refractivity contribution in [3.63, 3.8) is 0 Å². The van der Waals surface area contributed by atoms with Crippen LogP contribution in [0.5, 0.6) is 0 Å². The second-order valence-corrected chi connectivity index (χ2v) is 5.75. The molecular formula is C15H27NO3. The summed E-state index contributed by atoms with van der Waals surface area (Å²) >= 11 is 0. The molecular weight excluding hydrogens is 242 g/mol. The molecule has 1 saturated carbocycles. The van der Waals surface area contributed by atoms with Crippen LogP contribution in [0.1, 0.15) is 65.7 Å². The molecule has 4 nitrogen and oxygen atoms in total. The lowest BCUT2D eigenvalue weighted by molar-refractivity contribution is -0.111. The zero-order chi connectivity index (χ0) is 14.3. The maximum Gasteiger partial charge on any atom is 0.408 e. The van der Waals surface area contributed by atoms with E-state index >= 15 is 0 Å². The first-order chi connectivity index (χ1) is 9.04. The second-order valence-electron chi connectivity index (χ2n) is 5.75. The maximum atomic E-state index is 11.9. The van der Waals surface area contributed by atoms with E-state index in [-0.39, 0.29) is 5.92 Å². The summed E-state index contributed by atoms with van der Waals surface area (Å²) in [7, 11) is 0. The molecule has 1 unspecified atom stereocenters. The SMILES string of the molecule is CCC(C)(CC)OC(=O)NC(C=O)C1CCCCC1. The van der Waals surface area contributed by atoms with Crippen LogP contribution in [0, 0.1) is 5.92 Å². The van der Waals surface area contributed by atoms with Crippen LogP contribution in [0.25, 0.3) is 0 Å². The van der Waals surface area contributed by atoms with Crippen molar-refractivity contribution in [3.05, 3.63) is 0 Å². The lowest BCUT2D eigenvalue weighted by Crippen LogP contribution is -2.45. The second kappa shape index (κ2) is 7.51. The maximum absolute atomic E-state index is 11.9. The van der Waals surface area contributed by atoms with E-state index in [4.69, 9.17) is 4.74 Å². The van der Waals surface area contributed by atoms with E-state index in [9.17, 15) is 9.59 Å². The Morgan fingerprint density at radius 1 is 1.32 bits per heavy atom. The highest BCUT2D eigenvalue weighted by Gasteiger charge is 2.29. The van der Waals surface area contributed by atoms with Crippen LogP contribution in [0.4, 0.5) is 4.79 Å². The van der Waals surface area contributed by atoms with Crippen LogP contribution in [0.2, 0.25) is 0 Å². The van der Waals surface area contributed by atoms with Gasteiger partial charge in [-0.3, -0.25) is 0 Å². The van der Waals surface area contributed by atoms with Gasteiger partial charge in [0.15, 0.2) is 0 Å². The molecule has 1 fully saturated rings. The molecule has 1 atom stereocenters. The van der Waals surface area contributed by atoms with Gasteiger partial charge in [0.1, 0.15) is 11.9 Å². The van der Waals surface area contributed by atoms with Crippen LogP contribution >= 0.6 is 0 Å². The highest BCUT2D eigenvalue weighted by molar-refractivity contribution is 5.73. The summed E-state index contributed by atoms with van der Waals surface area (Å²) in [4.78, 5) is 23.1. The Morgan fingerprint density at radius 2 is 1.89 bits per heavy atom. The van der Waals surface area contributed by atoms with E-state index < -0.39 is 17.7 Å². The zero-order valence-corrected chi connectivity index (χ0v) is 12.4.